The highest BCUT2D eigenvalue weighted by Crippen LogP contribution is 2.33. The topological polar surface area (TPSA) is 68.3 Å². The van der Waals surface area contributed by atoms with E-state index in [1.54, 1.807) is 0 Å². The number of hydrogen-bond acceptors (Lipinski definition) is 3. The Hall–Kier alpha value is -1.44. The van der Waals surface area contributed by atoms with Crippen molar-refractivity contribution in [1.82, 2.24) is 0 Å². The maximum absolute atomic E-state index is 12.1. The number of hydrogen-bond donors (Lipinski definition) is 2. The van der Waals surface area contributed by atoms with Gasteiger partial charge in [0, 0.05) is 6.42 Å². The molecule has 1 rings (SSSR count). The van der Waals surface area contributed by atoms with Crippen molar-refractivity contribution in [3.63, 3.8) is 0 Å². The van der Waals surface area contributed by atoms with E-state index in [0.29, 0.717) is 25.2 Å². The van der Waals surface area contributed by atoms with E-state index >= 15 is 0 Å². The van der Waals surface area contributed by atoms with Crippen molar-refractivity contribution < 1.29 is 22.6 Å². The summed E-state index contributed by atoms with van der Waals surface area (Å²) < 4.78 is 45.6. The second kappa shape index (κ2) is 7.37. The third-order valence-electron chi connectivity index (χ3n) is 2.24. The van der Waals surface area contributed by atoms with Gasteiger partial charge >= 0.3 is 6.36 Å². The number of unbranched alkanes of at least 4 members (excludes halogenated alkanes) is 1. The number of halogens is 4. The lowest BCUT2D eigenvalue weighted by Crippen LogP contribution is -2.17. The van der Waals surface area contributed by atoms with Gasteiger partial charge in [0.05, 0.1) is 16.9 Å². The lowest BCUT2D eigenvalue weighted by Gasteiger charge is -2.12. The van der Waals surface area contributed by atoms with Gasteiger partial charge in [0.25, 0.3) is 0 Å². The Bertz CT molecular complexity index is 467. The molecule has 0 aliphatic rings. The van der Waals surface area contributed by atoms with Gasteiger partial charge in [-0.3, -0.25) is 5.41 Å². The van der Waals surface area contributed by atoms with E-state index in [0.717, 1.165) is 6.42 Å². The SMILES string of the molecule is N=C(N)CCCCOc1ccc(OC(F)(F)F)c(Br)c1. The molecule has 112 valence electrons. The van der Waals surface area contributed by atoms with Gasteiger partial charge in [0.15, 0.2) is 0 Å². The van der Waals surface area contributed by atoms with Crippen LogP contribution in [0, 0.1) is 5.41 Å². The molecule has 0 aliphatic heterocycles. The molecular weight excluding hydrogens is 341 g/mol. The molecule has 0 heterocycles. The van der Waals surface area contributed by atoms with Crippen molar-refractivity contribution in [2.75, 3.05) is 6.61 Å². The Morgan fingerprint density at radius 1 is 1.30 bits per heavy atom. The molecule has 0 saturated heterocycles. The van der Waals surface area contributed by atoms with Gasteiger partial charge in [-0.25, -0.2) is 0 Å². The van der Waals surface area contributed by atoms with Crippen LogP contribution in [0.25, 0.3) is 0 Å². The van der Waals surface area contributed by atoms with Crippen molar-refractivity contribution in [2.24, 2.45) is 5.73 Å². The molecule has 20 heavy (non-hydrogen) atoms. The van der Waals surface area contributed by atoms with Crippen molar-refractivity contribution in [2.45, 2.75) is 25.6 Å². The molecule has 8 heteroatoms. The van der Waals surface area contributed by atoms with E-state index in [1.807, 2.05) is 0 Å². The highest BCUT2D eigenvalue weighted by molar-refractivity contribution is 9.10. The fourth-order valence-corrected chi connectivity index (χ4v) is 1.83. The summed E-state index contributed by atoms with van der Waals surface area (Å²) >= 11 is 2.99. The van der Waals surface area contributed by atoms with Crippen LogP contribution in [0.4, 0.5) is 13.2 Å². The van der Waals surface area contributed by atoms with Crippen LogP contribution >= 0.6 is 15.9 Å². The average molecular weight is 355 g/mol. The van der Waals surface area contributed by atoms with Crippen LogP contribution in [0.15, 0.2) is 22.7 Å². The summed E-state index contributed by atoms with van der Waals surface area (Å²) in [6.45, 7) is 0.402. The standard InChI is InChI=1S/C12H14BrF3N2O2/c13-9-7-8(19-6-2-1-3-11(17)18)4-5-10(9)20-12(14,15)16/h4-5,7H,1-3,6H2,(H3,17,18). The Labute approximate surface area is 122 Å². The summed E-state index contributed by atoms with van der Waals surface area (Å²) in [7, 11) is 0. The van der Waals surface area contributed by atoms with Crippen LogP contribution in [0.3, 0.4) is 0 Å². The zero-order chi connectivity index (χ0) is 15.2. The maximum atomic E-state index is 12.1. The molecule has 0 aliphatic carbocycles. The molecule has 0 aromatic heterocycles. The van der Waals surface area contributed by atoms with Crippen LogP contribution in [-0.4, -0.2) is 18.8 Å². The molecule has 0 atom stereocenters. The number of ether oxygens (including phenoxy) is 2. The highest BCUT2D eigenvalue weighted by Gasteiger charge is 2.31. The van der Waals surface area contributed by atoms with E-state index in [9.17, 15) is 13.2 Å². The summed E-state index contributed by atoms with van der Waals surface area (Å²) in [4.78, 5) is 0. The predicted octanol–water partition coefficient (Wildman–Crippen LogP) is 3.83. The number of amidine groups is 1. The maximum Gasteiger partial charge on any atom is 0.573 e. The fraction of sp³-hybridized carbons (Fsp3) is 0.417. The average Bonchev–Trinajstić information content (AvgIpc) is 2.30. The number of nitrogens with one attached hydrogen (secondary N) is 1. The Morgan fingerprint density at radius 2 is 2.00 bits per heavy atom. The van der Waals surface area contributed by atoms with Crippen LogP contribution in [0.5, 0.6) is 11.5 Å². The Morgan fingerprint density at radius 3 is 2.55 bits per heavy atom. The summed E-state index contributed by atoms with van der Waals surface area (Å²) in [6, 6.07) is 3.99. The molecule has 0 bridgehead atoms. The molecule has 0 unspecified atom stereocenters. The molecule has 0 fully saturated rings. The van der Waals surface area contributed by atoms with E-state index < -0.39 is 6.36 Å². The van der Waals surface area contributed by atoms with Gasteiger partial charge in [-0.15, -0.1) is 13.2 Å². The lowest BCUT2D eigenvalue weighted by molar-refractivity contribution is -0.274. The second-order valence-corrected chi connectivity index (χ2v) is 4.83. The zero-order valence-electron chi connectivity index (χ0n) is 10.5. The van der Waals surface area contributed by atoms with Crippen molar-refractivity contribution in [3.8, 4) is 11.5 Å². The van der Waals surface area contributed by atoms with Gasteiger partial charge in [-0.2, -0.15) is 0 Å². The molecule has 0 amide bonds. The smallest absolute Gasteiger partial charge is 0.494 e. The largest absolute Gasteiger partial charge is 0.573 e. The zero-order valence-corrected chi connectivity index (χ0v) is 12.1. The minimum Gasteiger partial charge on any atom is -0.494 e. The first-order chi connectivity index (χ1) is 9.28. The summed E-state index contributed by atoms with van der Waals surface area (Å²) in [6.07, 6.45) is -2.78. The van der Waals surface area contributed by atoms with Crippen molar-refractivity contribution in [1.29, 1.82) is 5.41 Å². The molecule has 0 radical (unpaired) electrons. The normalized spacial score (nSPS) is 11.2. The van der Waals surface area contributed by atoms with E-state index in [4.69, 9.17) is 15.9 Å². The first kappa shape index (κ1) is 16.6. The number of rotatable bonds is 7. The monoisotopic (exact) mass is 354 g/mol. The number of alkyl halides is 3. The quantitative estimate of drug-likeness (QED) is 0.444. The summed E-state index contributed by atoms with van der Waals surface area (Å²) in [5.41, 5.74) is 5.20. The number of nitrogens with two attached hydrogens (primary N) is 1. The first-order valence-electron chi connectivity index (χ1n) is 5.79. The fourth-order valence-electron chi connectivity index (χ4n) is 1.39. The Balaban J connectivity index is 2.45. The van der Waals surface area contributed by atoms with Crippen molar-refractivity contribution in [3.05, 3.63) is 22.7 Å². The first-order valence-corrected chi connectivity index (χ1v) is 6.58. The minimum absolute atomic E-state index is 0.126. The predicted molar refractivity (Wildman–Crippen MR) is 72.1 cm³/mol. The summed E-state index contributed by atoms with van der Waals surface area (Å²) in [5, 5.41) is 7.04. The minimum atomic E-state index is -4.72. The third-order valence-corrected chi connectivity index (χ3v) is 2.86. The number of benzene rings is 1. The van der Waals surface area contributed by atoms with Gasteiger partial charge in [0.1, 0.15) is 11.5 Å². The van der Waals surface area contributed by atoms with E-state index in [-0.39, 0.29) is 16.1 Å². The van der Waals surface area contributed by atoms with Gasteiger partial charge in [-0.1, -0.05) is 0 Å². The second-order valence-electron chi connectivity index (χ2n) is 3.97. The van der Waals surface area contributed by atoms with Crippen LogP contribution in [0.1, 0.15) is 19.3 Å². The van der Waals surface area contributed by atoms with Crippen LogP contribution in [0.2, 0.25) is 0 Å². The van der Waals surface area contributed by atoms with E-state index in [2.05, 4.69) is 20.7 Å². The van der Waals surface area contributed by atoms with Crippen LogP contribution in [-0.2, 0) is 0 Å². The highest BCUT2D eigenvalue weighted by atomic mass is 79.9. The van der Waals surface area contributed by atoms with Crippen molar-refractivity contribution >= 4 is 21.8 Å². The van der Waals surface area contributed by atoms with Gasteiger partial charge < -0.3 is 15.2 Å². The molecular formula is C12H14BrF3N2O2. The summed E-state index contributed by atoms with van der Waals surface area (Å²) in [5.74, 6) is 0.247. The lowest BCUT2D eigenvalue weighted by atomic mass is 10.2. The van der Waals surface area contributed by atoms with E-state index in [1.165, 1.54) is 18.2 Å². The van der Waals surface area contributed by atoms with Gasteiger partial charge in [-0.05, 0) is 47.0 Å². The van der Waals surface area contributed by atoms with Gasteiger partial charge in [0.2, 0.25) is 0 Å². The third kappa shape index (κ3) is 6.65. The molecule has 3 N–H and O–H groups in total. The Kier molecular flexibility index (Phi) is 6.12. The molecule has 1 aromatic rings. The van der Waals surface area contributed by atoms with Crippen LogP contribution < -0.4 is 15.2 Å². The molecule has 0 spiro atoms. The molecule has 1 aromatic carbocycles. The molecule has 4 nitrogen and oxygen atoms in total. The molecule has 0 saturated carbocycles.